The number of anilines is 8. The van der Waals surface area contributed by atoms with Crippen molar-refractivity contribution in [1.29, 1.82) is 0 Å². The fraction of sp³-hybridized carbons (Fsp3) is 0.311. The van der Waals surface area contributed by atoms with Gasteiger partial charge in [-0.25, -0.2) is 0 Å². The monoisotopic (exact) mass is 879 g/mol. The van der Waals surface area contributed by atoms with Crippen molar-refractivity contribution in [3.63, 3.8) is 0 Å². The summed E-state index contributed by atoms with van der Waals surface area (Å²) in [7, 11) is 0. The van der Waals surface area contributed by atoms with Crippen molar-refractivity contribution in [3.05, 3.63) is 161 Å². The quantitative estimate of drug-likeness (QED) is 0.164. The van der Waals surface area contributed by atoms with Crippen LogP contribution < -0.4 is 31.1 Å². The second-order valence-corrected chi connectivity index (χ2v) is 23.9. The average Bonchev–Trinajstić information content (AvgIpc) is 3.74. The van der Waals surface area contributed by atoms with Gasteiger partial charge < -0.3 is 14.7 Å². The first kappa shape index (κ1) is 41.6. The Morgan fingerprint density at radius 2 is 1.12 bits per heavy atom. The molecule has 0 spiro atoms. The Hall–Kier alpha value is -5.78. The number of rotatable bonds is 3. The molecule has 2 atom stereocenters. The molecule has 1 aromatic heterocycles. The van der Waals surface area contributed by atoms with Gasteiger partial charge in [-0.1, -0.05) is 122 Å². The maximum absolute atomic E-state index is 2.79. The van der Waals surface area contributed by atoms with Gasteiger partial charge in [-0.15, -0.1) is 11.3 Å². The van der Waals surface area contributed by atoms with Crippen LogP contribution in [0.4, 0.5) is 45.5 Å². The molecule has 3 aliphatic heterocycles. The van der Waals surface area contributed by atoms with Crippen molar-refractivity contribution in [2.45, 2.75) is 124 Å². The minimum atomic E-state index is -0.0551. The van der Waals surface area contributed by atoms with Crippen LogP contribution in [-0.2, 0) is 16.2 Å². The summed E-state index contributed by atoms with van der Waals surface area (Å²) in [5.74, 6) is 0. The van der Waals surface area contributed by atoms with Gasteiger partial charge in [-0.3, -0.25) is 0 Å². The van der Waals surface area contributed by atoms with Crippen LogP contribution in [0, 0.1) is 20.8 Å². The van der Waals surface area contributed by atoms with E-state index in [2.05, 4.69) is 218 Å². The molecule has 330 valence electrons. The Bertz CT molecular complexity index is 3350. The first-order valence-corrected chi connectivity index (χ1v) is 25.2. The van der Waals surface area contributed by atoms with Gasteiger partial charge in [0.1, 0.15) is 0 Å². The summed E-state index contributed by atoms with van der Waals surface area (Å²) in [6.07, 6.45) is 4.91. The highest BCUT2D eigenvalue weighted by molar-refractivity contribution is 7.25. The van der Waals surface area contributed by atoms with Gasteiger partial charge >= 0.3 is 0 Å². The van der Waals surface area contributed by atoms with E-state index in [9.17, 15) is 0 Å². The molecule has 0 saturated heterocycles. The highest BCUT2D eigenvalue weighted by Gasteiger charge is 2.58. The SMILES string of the molecule is Cc1cc2c3c(c1)N(c1cccc(C(C)(C)C)c1)c1cc(C(C)(C)C)ccc1B3c1ccc(N3c4cc(C)cc(C)c4C4(C)CCCCC34C)cc1N2c1ccc2c(c1)sc1ccccc12. The molecule has 66 heavy (non-hydrogen) atoms. The fourth-order valence-corrected chi connectivity index (χ4v) is 14.2. The van der Waals surface area contributed by atoms with Gasteiger partial charge in [0, 0.05) is 71.1 Å². The maximum Gasteiger partial charge on any atom is 0.252 e. The standard InChI is InChI=1S/C61H62BN3S/c1-37-29-39(3)56-51(30-37)65(61(11)28-15-14-27-60(56,61)10)44-23-26-48-50(35-44)64(43-22-24-46-45-19-12-13-20-54(45)66-55(46)36-43)53-32-38(2)31-52-57(53)62(48)47-25-21-41(59(7,8)9)34-49(47)63(52)42-18-16-17-40(33-42)58(4,5)6/h12-13,16-26,29-36H,14-15,27-28H2,1-11H3. The minimum Gasteiger partial charge on any atom is -0.334 e. The molecule has 0 radical (unpaired) electrons. The lowest BCUT2D eigenvalue weighted by Gasteiger charge is -2.51. The number of benzene rings is 7. The molecule has 4 aliphatic rings. The van der Waals surface area contributed by atoms with Crippen LogP contribution in [0.25, 0.3) is 20.2 Å². The Balaban J connectivity index is 1.16. The van der Waals surface area contributed by atoms with Crippen molar-refractivity contribution in [1.82, 2.24) is 0 Å². The van der Waals surface area contributed by atoms with E-state index >= 15 is 0 Å². The van der Waals surface area contributed by atoms with E-state index in [4.69, 9.17) is 0 Å². The van der Waals surface area contributed by atoms with E-state index in [0.29, 0.717) is 0 Å². The molecular weight excluding hydrogens is 818 g/mol. The minimum absolute atomic E-state index is 0.00845. The Morgan fingerprint density at radius 1 is 0.515 bits per heavy atom. The molecule has 0 amide bonds. The zero-order valence-electron chi connectivity index (χ0n) is 40.8. The van der Waals surface area contributed by atoms with Crippen LogP contribution in [0.2, 0.25) is 0 Å². The van der Waals surface area contributed by atoms with Gasteiger partial charge in [0.15, 0.2) is 0 Å². The van der Waals surface area contributed by atoms with E-state index < -0.39 is 0 Å². The molecule has 8 aromatic rings. The molecule has 5 heteroatoms. The van der Waals surface area contributed by atoms with E-state index in [1.165, 1.54) is 136 Å². The van der Waals surface area contributed by atoms with Gasteiger partial charge in [0.05, 0.1) is 5.54 Å². The highest BCUT2D eigenvalue weighted by atomic mass is 32.1. The van der Waals surface area contributed by atoms with E-state index in [0.717, 1.165) is 0 Å². The number of nitrogens with zero attached hydrogens (tertiary/aromatic N) is 3. The number of fused-ring (bicyclic) bond motifs is 10. The summed E-state index contributed by atoms with van der Waals surface area (Å²) in [5.41, 5.74) is 22.5. The van der Waals surface area contributed by atoms with Crippen molar-refractivity contribution in [2.75, 3.05) is 14.7 Å². The van der Waals surface area contributed by atoms with Crippen LogP contribution in [-0.4, -0.2) is 12.3 Å². The van der Waals surface area contributed by atoms with E-state index in [1.54, 1.807) is 5.56 Å². The first-order chi connectivity index (χ1) is 31.4. The molecule has 3 nitrogen and oxygen atoms in total. The fourth-order valence-electron chi connectivity index (χ4n) is 13.0. The molecule has 12 rings (SSSR count). The van der Waals surface area contributed by atoms with Crippen molar-refractivity contribution >= 4 is 100 Å². The molecule has 1 saturated carbocycles. The Labute approximate surface area is 397 Å². The smallest absolute Gasteiger partial charge is 0.252 e. The summed E-state index contributed by atoms with van der Waals surface area (Å²) in [6, 6.07) is 50.3. The third kappa shape index (κ3) is 5.87. The molecular formula is C61H62BN3S. The summed E-state index contributed by atoms with van der Waals surface area (Å²) < 4.78 is 2.65. The average molecular weight is 880 g/mol. The molecule has 0 N–H and O–H groups in total. The zero-order chi connectivity index (χ0) is 45.8. The predicted molar refractivity (Wildman–Crippen MR) is 288 cm³/mol. The highest BCUT2D eigenvalue weighted by Crippen LogP contribution is 2.62. The summed E-state index contributed by atoms with van der Waals surface area (Å²) in [5, 5.41) is 2.66. The lowest BCUT2D eigenvalue weighted by molar-refractivity contribution is 0.194. The predicted octanol–water partition coefficient (Wildman–Crippen LogP) is 15.4. The van der Waals surface area contributed by atoms with Crippen LogP contribution in [0.1, 0.15) is 114 Å². The molecule has 1 fully saturated rings. The van der Waals surface area contributed by atoms with Gasteiger partial charge in [-0.05, 0) is 168 Å². The zero-order valence-corrected chi connectivity index (χ0v) is 41.6. The number of hydrogen-bond donors (Lipinski definition) is 0. The molecule has 0 bridgehead atoms. The number of aryl methyl sites for hydroxylation is 3. The van der Waals surface area contributed by atoms with Crippen LogP contribution >= 0.6 is 11.3 Å². The molecule has 1 aliphatic carbocycles. The second-order valence-electron chi connectivity index (χ2n) is 22.8. The summed E-state index contributed by atoms with van der Waals surface area (Å²) in [4.78, 5) is 8.04. The third-order valence-electron chi connectivity index (χ3n) is 16.4. The second kappa shape index (κ2) is 14.1. The van der Waals surface area contributed by atoms with Gasteiger partial charge in [-0.2, -0.15) is 0 Å². The van der Waals surface area contributed by atoms with Crippen LogP contribution in [0.3, 0.4) is 0 Å². The number of thiophene rings is 1. The third-order valence-corrected chi connectivity index (χ3v) is 17.6. The molecule has 7 aromatic carbocycles. The lowest BCUT2D eigenvalue weighted by Crippen LogP contribution is -2.61. The van der Waals surface area contributed by atoms with E-state index in [1.807, 2.05) is 11.3 Å². The van der Waals surface area contributed by atoms with Crippen LogP contribution in [0.15, 0.2) is 127 Å². The normalized spacial score (nSPS) is 19.8. The summed E-state index contributed by atoms with van der Waals surface area (Å²) >= 11 is 1.91. The summed E-state index contributed by atoms with van der Waals surface area (Å²) in [6.45, 7) is 26.1. The Kier molecular flexibility index (Phi) is 8.91. The van der Waals surface area contributed by atoms with Crippen molar-refractivity contribution in [2.24, 2.45) is 0 Å². The van der Waals surface area contributed by atoms with Crippen LogP contribution in [0.5, 0.6) is 0 Å². The van der Waals surface area contributed by atoms with Crippen molar-refractivity contribution in [3.8, 4) is 0 Å². The van der Waals surface area contributed by atoms with Crippen molar-refractivity contribution < 1.29 is 0 Å². The Morgan fingerprint density at radius 3 is 1.86 bits per heavy atom. The van der Waals surface area contributed by atoms with E-state index in [-0.39, 0.29) is 28.5 Å². The first-order valence-electron chi connectivity index (χ1n) is 24.4. The largest absolute Gasteiger partial charge is 0.334 e. The molecule has 2 unspecified atom stereocenters. The topological polar surface area (TPSA) is 9.72 Å². The van der Waals surface area contributed by atoms with Gasteiger partial charge in [0.2, 0.25) is 0 Å². The maximum atomic E-state index is 2.79. The van der Waals surface area contributed by atoms with Gasteiger partial charge in [0.25, 0.3) is 6.71 Å². The molecule has 4 heterocycles. The lowest BCUT2D eigenvalue weighted by atomic mass is 9.33. The number of hydrogen-bond acceptors (Lipinski definition) is 4.